The Labute approximate surface area is 123 Å². The fourth-order valence-corrected chi connectivity index (χ4v) is 2.43. The molecule has 0 aliphatic heterocycles. The number of rotatable bonds is 4. The molecule has 0 spiro atoms. The molecule has 2 N–H and O–H groups in total. The zero-order valence-corrected chi connectivity index (χ0v) is 12.0. The molecule has 0 fully saturated rings. The quantitative estimate of drug-likeness (QED) is 0.770. The number of hydrogen-bond donors (Lipinski definition) is 2. The summed E-state index contributed by atoms with van der Waals surface area (Å²) in [5.41, 5.74) is 4.00. The predicted octanol–water partition coefficient (Wildman–Crippen LogP) is 3.13. The number of aromatic nitrogens is 1. The largest absolute Gasteiger partial charge is 0.322 e. The first-order valence-electron chi connectivity index (χ1n) is 7.09. The van der Waals surface area contributed by atoms with Gasteiger partial charge in [-0.3, -0.25) is 4.79 Å². The van der Waals surface area contributed by atoms with Crippen LogP contribution in [0.15, 0.2) is 59.4 Å². The van der Waals surface area contributed by atoms with Crippen molar-refractivity contribution in [3.05, 3.63) is 81.6 Å². The van der Waals surface area contributed by atoms with Gasteiger partial charge in [0.05, 0.1) is 0 Å². The van der Waals surface area contributed by atoms with Crippen molar-refractivity contribution in [1.29, 1.82) is 0 Å². The molecule has 1 heterocycles. The number of H-pyrrole nitrogens is 1. The topological polar surface area (TPSA) is 44.9 Å². The average Bonchev–Trinajstić information content (AvgIpc) is 2.49. The van der Waals surface area contributed by atoms with Gasteiger partial charge in [0, 0.05) is 24.2 Å². The highest BCUT2D eigenvalue weighted by molar-refractivity contribution is 5.79. The van der Waals surface area contributed by atoms with E-state index >= 15 is 0 Å². The second kappa shape index (κ2) is 5.94. The van der Waals surface area contributed by atoms with Crippen LogP contribution >= 0.6 is 0 Å². The third-order valence-corrected chi connectivity index (χ3v) is 3.57. The Morgan fingerprint density at radius 2 is 1.81 bits per heavy atom. The fourth-order valence-electron chi connectivity index (χ4n) is 2.43. The van der Waals surface area contributed by atoms with Crippen LogP contribution in [0.5, 0.6) is 0 Å². The van der Waals surface area contributed by atoms with Gasteiger partial charge in [0.1, 0.15) is 0 Å². The number of benzene rings is 2. The molecule has 2 aromatic carbocycles. The summed E-state index contributed by atoms with van der Waals surface area (Å²) in [7, 11) is 0. The molecule has 3 aromatic rings. The monoisotopic (exact) mass is 278 g/mol. The van der Waals surface area contributed by atoms with Gasteiger partial charge in [-0.1, -0.05) is 42.5 Å². The highest BCUT2D eigenvalue weighted by Gasteiger charge is 2.03. The van der Waals surface area contributed by atoms with E-state index in [4.69, 9.17) is 0 Å². The first kappa shape index (κ1) is 13.6. The Balaban J connectivity index is 1.76. The van der Waals surface area contributed by atoms with E-state index in [0.717, 1.165) is 28.6 Å². The van der Waals surface area contributed by atoms with Crippen molar-refractivity contribution in [2.24, 2.45) is 0 Å². The smallest absolute Gasteiger partial charge is 0.252 e. The normalized spacial score (nSPS) is 10.9. The van der Waals surface area contributed by atoms with Crippen LogP contribution in [0.1, 0.15) is 16.7 Å². The van der Waals surface area contributed by atoms with E-state index in [2.05, 4.69) is 28.5 Å². The molecule has 21 heavy (non-hydrogen) atoms. The molecule has 0 bridgehead atoms. The summed E-state index contributed by atoms with van der Waals surface area (Å²) in [6.07, 6.45) is 0. The average molecular weight is 278 g/mol. The molecule has 0 saturated heterocycles. The maximum absolute atomic E-state index is 12.1. The second-order valence-corrected chi connectivity index (χ2v) is 5.30. The molecule has 3 rings (SSSR count). The van der Waals surface area contributed by atoms with Crippen LogP contribution < -0.4 is 10.9 Å². The minimum Gasteiger partial charge on any atom is -0.322 e. The van der Waals surface area contributed by atoms with Crippen molar-refractivity contribution in [2.75, 3.05) is 0 Å². The Hall–Kier alpha value is -2.39. The molecular weight excluding hydrogens is 260 g/mol. The lowest BCUT2D eigenvalue weighted by Crippen LogP contribution is -2.20. The molecular formula is C18H18N2O. The van der Waals surface area contributed by atoms with Gasteiger partial charge in [-0.05, 0) is 35.6 Å². The molecule has 0 saturated carbocycles. The summed E-state index contributed by atoms with van der Waals surface area (Å²) >= 11 is 0. The van der Waals surface area contributed by atoms with Gasteiger partial charge in [0.15, 0.2) is 0 Å². The van der Waals surface area contributed by atoms with Crippen LogP contribution in [0.2, 0.25) is 0 Å². The van der Waals surface area contributed by atoms with Gasteiger partial charge in [0.25, 0.3) is 5.56 Å². The summed E-state index contributed by atoms with van der Waals surface area (Å²) in [5, 5.41) is 4.38. The van der Waals surface area contributed by atoms with Crippen molar-refractivity contribution in [3.8, 4) is 0 Å². The van der Waals surface area contributed by atoms with Crippen molar-refractivity contribution in [1.82, 2.24) is 10.3 Å². The number of pyridine rings is 1. The number of aryl methyl sites for hydroxylation is 1. The minimum absolute atomic E-state index is 0.0198. The van der Waals surface area contributed by atoms with Crippen LogP contribution in [-0.2, 0) is 13.1 Å². The van der Waals surface area contributed by atoms with Gasteiger partial charge in [-0.25, -0.2) is 0 Å². The first-order chi connectivity index (χ1) is 10.2. The Morgan fingerprint density at radius 1 is 1.00 bits per heavy atom. The third-order valence-electron chi connectivity index (χ3n) is 3.57. The lowest BCUT2D eigenvalue weighted by Gasteiger charge is -2.06. The maximum Gasteiger partial charge on any atom is 0.252 e. The summed E-state index contributed by atoms with van der Waals surface area (Å²) in [6.45, 7) is 3.34. The van der Waals surface area contributed by atoms with Crippen LogP contribution in [0.25, 0.3) is 10.9 Å². The molecule has 0 unspecified atom stereocenters. The van der Waals surface area contributed by atoms with E-state index in [1.54, 1.807) is 0 Å². The van der Waals surface area contributed by atoms with Gasteiger partial charge in [-0.15, -0.1) is 0 Å². The maximum atomic E-state index is 12.1. The Bertz CT molecular complexity index is 806. The number of fused-ring (bicyclic) bond motifs is 1. The predicted molar refractivity (Wildman–Crippen MR) is 86.3 cm³/mol. The molecule has 0 aliphatic carbocycles. The van der Waals surface area contributed by atoms with Crippen molar-refractivity contribution >= 4 is 10.9 Å². The van der Waals surface area contributed by atoms with Crippen LogP contribution in [0.4, 0.5) is 0 Å². The molecule has 0 aliphatic rings. The molecule has 106 valence electrons. The first-order valence-corrected chi connectivity index (χ1v) is 7.09. The standard InChI is InChI=1S/C18H18N2O/c1-13-7-8-15-10-16(18(21)20-17(15)9-13)12-19-11-14-5-3-2-4-6-14/h2-10,19H,11-12H2,1H3,(H,20,21). The summed E-state index contributed by atoms with van der Waals surface area (Å²) in [5.74, 6) is 0. The van der Waals surface area contributed by atoms with E-state index in [1.165, 1.54) is 5.56 Å². The Morgan fingerprint density at radius 3 is 2.62 bits per heavy atom. The number of aromatic amines is 1. The van der Waals surface area contributed by atoms with E-state index in [0.29, 0.717) is 6.54 Å². The minimum atomic E-state index is -0.0198. The zero-order chi connectivity index (χ0) is 14.7. The summed E-state index contributed by atoms with van der Waals surface area (Å²) in [4.78, 5) is 15.0. The molecule has 3 heteroatoms. The van der Waals surface area contributed by atoms with Gasteiger partial charge in [0.2, 0.25) is 0 Å². The molecule has 0 amide bonds. The number of nitrogens with one attached hydrogen (secondary N) is 2. The Kier molecular flexibility index (Phi) is 3.84. The van der Waals surface area contributed by atoms with Gasteiger partial charge in [-0.2, -0.15) is 0 Å². The lowest BCUT2D eigenvalue weighted by molar-refractivity contribution is 0.688. The van der Waals surface area contributed by atoms with E-state index in [-0.39, 0.29) is 5.56 Å². The van der Waals surface area contributed by atoms with E-state index in [9.17, 15) is 4.79 Å². The fraction of sp³-hybridized carbons (Fsp3) is 0.167. The molecule has 0 atom stereocenters. The van der Waals surface area contributed by atoms with Crippen molar-refractivity contribution in [3.63, 3.8) is 0 Å². The van der Waals surface area contributed by atoms with Crippen molar-refractivity contribution in [2.45, 2.75) is 20.0 Å². The third kappa shape index (κ3) is 3.20. The van der Waals surface area contributed by atoms with E-state index < -0.39 is 0 Å². The van der Waals surface area contributed by atoms with Crippen molar-refractivity contribution < 1.29 is 0 Å². The van der Waals surface area contributed by atoms with Crippen LogP contribution in [-0.4, -0.2) is 4.98 Å². The van der Waals surface area contributed by atoms with Crippen LogP contribution in [0.3, 0.4) is 0 Å². The SMILES string of the molecule is Cc1ccc2cc(CNCc3ccccc3)c(=O)[nH]c2c1. The van der Waals surface area contributed by atoms with E-state index in [1.807, 2.05) is 43.3 Å². The second-order valence-electron chi connectivity index (χ2n) is 5.30. The molecule has 1 aromatic heterocycles. The highest BCUT2D eigenvalue weighted by atomic mass is 16.1. The van der Waals surface area contributed by atoms with Crippen LogP contribution in [0, 0.1) is 6.92 Å². The summed E-state index contributed by atoms with van der Waals surface area (Å²) in [6, 6.07) is 18.2. The zero-order valence-electron chi connectivity index (χ0n) is 12.0. The lowest BCUT2D eigenvalue weighted by atomic mass is 10.1. The van der Waals surface area contributed by atoms with Gasteiger partial charge >= 0.3 is 0 Å². The summed E-state index contributed by atoms with van der Waals surface area (Å²) < 4.78 is 0. The molecule has 0 radical (unpaired) electrons. The number of hydrogen-bond acceptors (Lipinski definition) is 2. The molecule has 3 nitrogen and oxygen atoms in total. The van der Waals surface area contributed by atoms with Gasteiger partial charge < -0.3 is 10.3 Å². The highest BCUT2D eigenvalue weighted by Crippen LogP contribution is 2.13.